The molecule has 0 aliphatic rings. The third kappa shape index (κ3) is 5.91. The molecule has 1 heterocycles. The van der Waals surface area contributed by atoms with Crippen molar-refractivity contribution in [2.45, 2.75) is 6.61 Å². The maximum absolute atomic E-state index is 6.09. The minimum absolute atomic E-state index is 0.478. The quantitative estimate of drug-likeness (QED) is 0.228. The van der Waals surface area contributed by atoms with Crippen LogP contribution < -0.4 is 19.1 Å². The first-order valence-corrected chi connectivity index (χ1v) is 11.8. The Hall–Kier alpha value is -4.58. The van der Waals surface area contributed by atoms with E-state index in [0.717, 1.165) is 33.7 Å². The van der Waals surface area contributed by atoms with Gasteiger partial charge in [-0.3, -0.25) is 0 Å². The van der Waals surface area contributed by atoms with E-state index >= 15 is 0 Å². The zero-order valence-corrected chi connectivity index (χ0v) is 20.1. The fourth-order valence-electron chi connectivity index (χ4n) is 3.66. The molecule has 4 aromatic carbocycles. The monoisotopic (exact) mass is 477 g/mol. The number of nitrogens with zero attached hydrogens (tertiary/aromatic N) is 3. The Morgan fingerprint density at radius 1 is 0.639 bits per heavy atom. The second-order valence-electron chi connectivity index (χ2n) is 8.28. The van der Waals surface area contributed by atoms with Crippen molar-refractivity contribution >= 4 is 16.9 Å². The summed E-state index contributed by atoms with van der Waals surface area (Å²) in [7, 11) is 1.94. The van der Waals surface area contributed by atoms with Crippen molar-refractivity contribution in [1.82, 2.24) is 9.97 Å². The summed E-state index contributed by atoms with van der Waals surface area (Å²) in [4.78, 5) is 11.4. The molecular weight excluding hydrogens is 450 g/mol. The van der Waals surface area contributed by atoms with Crippen LogP contribution in [0, 0.1) is 0 Å². The van der Waals surface area contributed by atoms with Crippen molar-refractivity contribution in [2.24, 2.45) is 0 Å². The minimum Gasteiger partial charge on any atom is -0.492 e. The van der Waals surface area contributed by atoms with Crippen LogP contribution >= 0.6 is 0 Å². The van der Waals surface area contributed by atoms with E-state index < -0.39 is 0 Å². The molecule has 0 saturated heterocycles. The summed E-state index contributed by atoms with van der Waals surface area (Å²) in [6.07, 6.45) is 0. The van der Waals surface area contributed by atoms with E-state index in [4.69, 9.17) is 24.2 Å². The summed E-state index contributed by atoms with van der Waals surface area (Å²) in [5.41, 5.74) is 1.96. The second-order valence-corrected chi connectivity index (χ2v) is 8.28. The van der Waals surface area contributed by atoms with Gasteiger partial charge < -0.3 is 19.1 Å². The first-order valence-electron chi connectivity index (χ1n) is 11.8. The van der Waals surface area contributed by atoms with Crippen LogP contribution in [0.15, 0.2) is 109 Å². The smallest absolute Gasteiger partial charge is 0.231 e. The third-order valence-corrected chi connectivity index (χ3v) is 5.62. The van der Waals surface area contributed by atoms with Crippen molar-refractivity contribution in [3.63, 3.8) is 0 Å². The summed E-state index contributed by atoms with van der Waals surface area (Å²) in [5.74, 6) is 3.42. The van der Waals surface area contributed by atoms with E-state index in [-0.39, 0.29) is 0 Å². The average molecular weight is 478 g/mol. The highest BCUT2D eigenvalue weighted by molar-refractivity contribution is 5.84. The zero-order valence-electron chi connectivity index (χ0n) is 20.1. The van der Waals surface area contributed by atoms with Crippen LogP contribution in [0.4, 0.5) is 5.95 Å². The lowest BCUT2D eigenvalue weighted by Crippen LogP contribution is -2.25. The maximum atomic E-state index is 6.09. The Morgan fingerprint density at radius 2 is 1.28 bits per heavy atom. The van der Waals surface area contributed by atoms with Gasteiger partial charge in [0.05, 0.1) is 17.4 Å². The highest BCUT2D eigenvalue weighted by Gasteiger charge is 2.13. The van der Waals surface area contributed by atoms with Crippen LogP contribution in [0.1, 0.15) is 5.56 Å². The van der Waals surface area contributed by atoms with Crippen molar-refractivity contribution in [2.75, 3.05) is 25.1 Å². The van der Waals surface area contributed by atoms with Crippen LogP contribution in [-0.4, -0.2) is 30.2 Å². The Kier molecular flexibility index (Phi) is 7.23. The number of para-hydroxylation sites is 2. The van der Waals surface area contributed by atoms with E-state index in [1.54, 1.807) is 0 Å². The normalized spacial score (nSPS) is 10.7. The number of ether oxygens (including phenoxy) is 3. The highest BCUT2D eigenvalue weighted by atomic mass is 16.5. The zero-order chi connectivity index (χ0) is 24.6. The number of hydrogen-bond donors (Lipinski definition) is 0. The van der Waals surface area contributed by atoms with Crippen LogP contribution in [0.5, 0.6) is 23.1 Å². The van der Waals surface area contributed by atoms with E-state index in [2.05, 4.69) is 0 Å². The summed E-state index contributed by atoms with van der Waals surface area (Å²) >= 11 is 0. The van der Waals surface area contributed by atoms with Crippen molar-refractivity contribution in [3.05, 3.63) is 115 Å². The molecule has 5 aromatic rings. The van der Waals surface area contributed by atoms with E-state index in [1.807, 2.05) is 121 Å². The molecule has 0 aliphatic carbocycles. The molecule has 0 radical (unpaired) electrons. The Bertz CT molecular complexity index is 1390. The van der Waals surface area contributed by atoms with Gasteiger partial charge in [-0.2, -0.15) is 4.98 Å². The van der Waals surface area contributed by atoms with Crippen LogP contribution in [0.3, 0.4) is 0 Å². The van der Waals surface area contributed by atoms with Gasteiger partial charge in [-0.05, 0) is 54.1 Å². The van der Waals surface area contributed by atoms with Crippen LogP contribution in [-0.2, 0) is 6.61 Å². The molecule has 0 fully saturated rings. The molecule has 5 rings (SSSR count). The van der Waals surface area contributed by atoms with Gasteiger partial charge in [0.1, 0.15) is 30.5 Å². The van der Waals surface area contributed by atoms with E-state index in [9.17, 15) is 0 Å². The van der Waals surface area contributed by atoms with Gasteiger partial charge in [0.15, 0.2) is 0 Å². The molecule has 0 bridgehead atoms. The molecule has 0 N–H and O–H groups in total. The molecule has 0 atom stereocenters. The van der Waals surface area contributed by atoms with Crippen molar-refractivity contribution in [1.29, 1.82) is 0 Å². The summed E-state index contributed by atoms with van der Waals surface area (Å²) in [6.45, 7) is 1.62. The van der Waals surface area contributed by atoms with E-state index in [1.165, 1.54) is 0 Å². The average Bonchev–Trinajstić information content (AvgIpc) is 2.93. The number of hydrogen-bond acceptors (Lipinski definition) is 6. The largest absolute Gasteiger partial charge is 0.492 e. The number of fused-ring (bicyclic) bond motifs is 1. The van der Waals surface area contributed by atoms with Gasteiger partial charge >= 0.3 is 0 Å². The maximum Gasteiger partial charge on any atom is 0.231 e. The minimum atomic E-state index is 0.478. The lowest BCUT2D eigenvalue weighted by Gasteiger charge is -2.19. The molecule has 180 valence electrons. The fourth-order valence-corrected chi connectivity index (χ4v) is 3.66. The topological polar surface area (TPSA) is 56.7 Å². The third-order valence-electron chi connectivity index (χ3n) is 5.62. The van der Waals surface area contributed by atoms with Crippen molar-refractivity contribution < 1.29 is 14.2 Å². The number of aromatic nitrogens is 2. The van der Waals surface area contributed by atoms with Crippen LogP contribution in [0.25, 0.3) is 10.9 Å². The van der Waals surface area contributed by atoms with Gasteiger partial charge in [0.25, 0.3) is 0 Å². The van der Waals surface area contributed by atoms with E-state index in [0.29, 0.717) is 31.6 Å². The molecular formula is C30H27N3O3. The van der Waals surface area contributed by atoms with Crippen molar-refractivity contribution in [3.8, 4) is 23.1 Å². The lowest BCUT2D eigenvalue weighted by molar-refractivity contribution is 0.302. The molecule has 0 unspecified atom stereocenters. The van der Waals surface area contributed by atoms with Gasteiger partial charge in [-0.1, -0.05) is 60.7 Å². The number of likely N-dealkylation sites (N-methyl/N-ethyl adjacent to an activating group) is 1. The Balaban J connectivity index is 1.19. The first-order chi connectivity index (χ1) is 17.7. The van der Waals surface area contributed by atoms with Crippen LogP contribution in [0.2, 0.25) is 0 Å². The standard InChI is InChI=1S/C30H27N3O3/c1-33(20-21-34-24-16-18-25(19-17-24)35-22-23-10-4-2-5-11-23)30-31-28-15-9-8-14-27(28)29(32-30)36-26-12-6-3-7-13-26/h2-19H,20-22H2,1H3. The molecule has 1 aromatic heterocycles. The number of rotatable bonds is 10. The fraction of sp³-hybridized carbons (Fsp3) is 0.133. The van der Waals surface area contributed by atoms with Gasteiger partial charge in [0.2, 0.25) is 11.8 Å². The Labute approximate surface area is 210 Å². The molecule has 6 heteroatoms. The molecule has 0 aliphatic heterocycles. The second kappa shape index (κ2) is 11.2. The summed E-state index contributed by atoms with van der Waals surface area (Å²) in [5, 5.41) is 0.865. The van der Waals surface area contributed by atoms with Gasteiger partial charge in [0, 0.05) is 7.05 Å². The molecule has 0 spiro atoms. The molecule has 0 saturated carbocycles. The SMILES string of the molecule is CN(CCOc1ccc(OCc2ccccc2)cc1)c1nc(Oc2ccccc2)c2ccccc2n1. The van der Waals surface area contributed by atoms with Gasteiger partial charge in [-0.25, -0.2) is 4.98 Å². The predicted octanol–water partition coefficient (Wildman–Crippen LogP) is 6.52. The Morgan fingerprint density at radius 3 is 2.03 bits per heavy atom. The first kappa shape index (κ1) is 23.2. The molecule has 36 heavy (non-hydrogen) atoms. The number of anilines is 1. The van der Waals surface area contributed by atoms with Gasteiger partial charge in [-0.15, -0.1) is 0 Å². The molecule has 6 nitrogen and oxygen atoms in total. The predicted molar refractivity (Wildman–Crippen MR) is 142 cm³/mol. The highest BCUT2D eigenvalue weighted by Crippen LogP contribution is 2.29. The molecule has 0 amide bonds. The number of benzene rings is 4. The lowest BCUT2D eigenvalue weighted by atomic mass is 10.2. The summed E-state index contributed by atoms with van der Waals surface area (Å²) in [6, 6.07) is 35.3. The summed E-state index contributed by atoms with van der Waals surface area (Å²) < 4.78 is 17.9.